The number of hydrogen-bond acceptors (Lipinski definition) is 7. The van der Waals surface area contributed by atoms with Crippen LogP contribution in [-0.4, -0.2) is 49.1 Å². The molecule has 1 aromatic heterocycles. The van der Waals surface area contributed by atoms with Gasteiger partial charge in [0.15, 0.2) is 0 Å². The number of hydrogen-bond donors (Lipinski definition) is 2. The molecule has 1 amide bonds. The first kappa shape index (κ1) is 30.8. The van der Waals surface area contributed by atoms with Crippen molar-refractivity contribution in [3.63, 3.8) is 0 Å². The highest BCUT2D eigenvalue weighted by Crippen LogP contribution is 2.30. The van der Waals surface area contributed by atoms with Crippen molar-refractivity contribution >= 4 is 29.3 Å². The van der Waals surface area contributed by atoms with Crippen molar-refractivity contribution in [2.24, 2.45) is 10.4 Å². The fourth-order valence-electron chi connectivity index (χ4n) is 4.06. The Morgan fingerprint density at radius 2 is 1.83 bits per heavy atom. The average Bonchev–Trinajstić information content (AvgIpc) is 3.29. The molecule has 13 heteroatoms. The number of benzene rings is 2. The lowest BCUT2D eigenvalue weighted by Crippen LogP contribution is -2.47. The van der Waals surface area contributed by atoms with Gasteiger partial charge in [-0.25, -0.2) is 22.9 Å². The van der Waals surface area contributed by atoms with Gasteiger partial charge in [-0.2, -0.15) is 0 Å². The summed E-state index contributed by atoms with van der Waals surface area (Å²) in [7, 11) is 1.16. The van der Waals surface area contributed by atoms with E-state index in [4.69, 9.17) is 25.8 Å². The number of halogens is 4. The Bertz CT molecular complexity index is 1520. The zero-order valence-corrected chi connectivity index (χ0v) is 23.7. The molecule has 3 aromatic rings. The van der Waals surface area contributed by atoms with Crippen molar-refractivity contribution in [2.45, 2.75) is 32.9 Å². The number of ether oxygens (including phenoxy) is 3. The largest absolute Gasteiger partial charge is 0.473 e. The highest BCUT2D eigenvalue weighted by Gasteiger charge is 2.36. The first-order valence-electron chi connectivity index (χ1n) is 12.8. The summed E-state index contributed by atoms with van der Waals surface area (Å²) in [5.74, 6) is -4.03. The summed E-state index contributed by atoms with van der Waals surface area (Å²) in [6.45, 7) is 4.41. The van der Waals surface area contributed by atoms with Gasteiger partial charge in [0.25, 0.3) is 0 Å². The number of carbonyl (C=O) groups is 2. The molecule has 0 unspecified atom stereocenters. The van der Waals surface area contributed by atoms with E-state index in [1.165, 1.54) is 30.3 Å². The molecule has 2 N–H and O–H groups in total. The molecule has 222 valence electrons. The van der Waals surface area contributed by atoms with Gasteiger partial charge in [0.1, 0.15) is 24.1 Å². The van der Waals surface area contributed by atoms with Crippen LogP contribution in [0.4, 0.5) is 13.2 Å². The zero-order valence-electron chi connectivity index (χ0n) is 23.0. The number of rotatable bonds is 7. The fraction of sp³-hybridized carbons (Fsp3) is 0.310. The molecule has 2 heterocycles. The predicted molar refractivity (Wildman–Crippen MR) is 148 cm³/mol. The Labute approximate surface area is 245 Å². The molecule has 2 aromatic carbocycles. The minimum Gasteiger partial charge on any atom is -0.473 e. The van der Waals surface area contributed by atoms with E-state index in [0.29, 0.717) is 6.61 Å². The number of aromatic nitrogens is 1. The Morgan fingerprint density at radius 1 is 1.07 bits per heavy atom. The topological polar surface area (TPSA) is 111 Å². The van der Waals surface area contributed by atoms with Crippen LogP contribution in [0.5, 0.6) is 5.88 Å². The highest BCUT2D eigenvalue weighted by molar-refractivity contribution is 6.35. The molecule has 0 spiro atoms. The molecule has 42 heavy (non-hydrogen) atoms. The van der Waals surface area contributed by atoms with Gasteiger partial charge in [0, 0.05) is 33.2 Å². The minimum absolute atomic E-state index is 0.0619. The van der Waals surface area contributed by atoms with Gasteiger partial charge in [-0.05, 0) is 30.3 Å². The van der Waals surface area contributed by atoms with Gasteiger partial charge in [-0.1, -0.05) is 37.6 Å². The van der Waals surface area contributed by atoms with Crippen LogP contribution >= 0.6 is 11.6 Å². The summed E-state index contributed by atoms with van der Waals surface area (Å²) in [4.78, 5) is 33.2. The number of carbonyl (C=O) groups excluding carboxylic acids is 2. The maximum Gasteiger partial charge on any atom is 0.375 e. The van der Waals surface area contributed by atoms with Gasteiger partial charge < -0.3 is 14.2 Å². The van der Waals surface area contributed by atoms with Crippen molar-refractivity contribution in [3.8, 4) is 17.1 Å². The Balaban J connectivity index is 1.42. The second kappa shape index (κ2) is 13.2. The molecular weight excluding hydrogens is 577 g/mol. The number of pyridine rings is 1. The maximum absolute atomic E-state index is 15.1. The lowest BCUT2D eigenvalue weighted by atomic mass is 9.88. The minimum atomic E-state index is -0.857. The van der Waals surface area contributed by atoms with E-state index in [2.05, 4.69) is 20.8 Å². The standard InChI is InChI=1S/C29H28ClF3N4O5/c1-29(2)15-41-14-24(29)35-27(28(39)40-3)37-36-25(38)10-17-9-22(33)19(12-21(17)32)23-5-4-6-26(34-23)42-13-16-7-8-18(30)11-20(16)31/h4-9,11-12,24H,10,13-15H2,1-3H3,(H,35,37)(H,36,38)/t24-/m0/s1. The third kappa shape index (κ3) is 7.56. The summed E-state index contributed by atoms with van der Waals surface area (Å²) in [5.41, 5.74) is 4.24. The average molecular weight is 605 g/mol. The molecule has 4 rings (SSSR count). The van der Waals surface area contributed by atoms with E-state index in [0.717, 1.165) is 25.3 Å². The lowest BCUT2D eigenvalue weighted by Gasteiger charge is -2.21. The van der Waals surface area contributed by atoms with Crippen LogP contribution < -0.4 is 15.6 Å². The number of nitrogens with zero attached hydrogens (tertiary/aromatic N) is 2. The van der Waals surface area contributed by atoms with Crippen LogP contribution in [0.1, 0.15) is 25.0 Å². The Morgan fingerprint density at radius 3 is 2.52 bits per heavy atom. The first-order chi connectivity index (χ1) is 20.0. The van der Waals surface area contributed by atoms with Crippen LogP contribution in [0.3, 0.4) is 0 Å². The highest BCUT2D eigenvalue weighted by atomic mass is 35.5. The molecule has 0 aliphatic carbocycles. The van der Waals surface area contributed by atoms with Crippen LogP contribution in [-0.2, 0) is 32.1 Å². The summed E-state index contributed by atoms with van der Waals surface area (Å²) < 4.78 is 59.7. The van der Waals surface area contributed by atoms with E-state index in [1.54, 1.807) is 0 Å². The van der Waals surface area contributed by atoms with Crippen LogP contribution in [0.15, 0.2) is 53.5 Å². The number of amidine groups is 1. The predicted octanol–water partition coefficient (Wildman–Crippen LogP) is 4.56. The molecule has 1 atom stereocenters. The number of nitrogens with one attached hydrogen (secondary N) is 2. The second-order valence-electron chi connectivity index (χ2n) is 10.1. The fourth-order valence-corrected chi connectivity index (χ4v) is 4.22. The van der Waals surface area contributed by atoms with E-state index < -0.39 is 35.7 Å². The molecule has 1 saturated heterocycles. The van der Waals surface area contributed by atoms with Crippen molar-refractivity contribution < 1.29 is 37.0 Å². The number of aliphatic imine (C=N–C) groups is 1. The number of hydrazine groups is 1. The number of amides is 1. The molecule has 0 radical (unpaired) electrons. The first-order valence-corrected chi connectivity index (χ1v) is 13.2. The van der Waals surface area contributed by atoms with Gasteiger partial charge in [-0.15, -0.1) is 0 Å². The third-order valence-corrected chi connectivity index (χ3v) is 6.75. The van der Waals surface area contributed by atoms with Crippen LogP contribution in [0.2, 0.25) is 5.02 Å². The van der Waals surface area contributed by atoms with Crippen molar-refractivity contribution in [3.05, 3.63) is 82.1 Å². The second-order valence-corrected chi connectivity index (χ2v) is 10.6. The SMILES string of the molecule is COC(=O)C(=N[C@H]1COCC1(C)C)NNC(=O)Cc1cc(F)c(-c2cccc(OCc3ccc(Cl)cc3F)n2)cc1F. The van der Waals surface area contributed by atoms with Crippen LogP contribution in [0, 0.1) is 22.9 Å². The zero-order chi connectivity index (χ0) is 30.4. The van der Waals surface area contributed by atoms with Gasteiger partial charge in [0.2, 0.25) is 17.6 Å². The van der Waals surface area contributed by atoms with Crippen molar-refractivity contribution in [1.82, 2.24) is 15.8 Å². The molecule has 1 fully saturated rings. The van der Waals surface area contributed by atoms with E-state index >= 15 is 4.39 Å². The normalized spacial score (nSPS) is 16.2. The lowest BCUT2D eigenvalue weighted by molar-refractivity contribution is -0.133. The number of esters is 1. The summed E-state index contributed by atoms with van der Waals surface area (Å²) >= 11 is 5.76. The smallest absolute Gasteiger partial charge is 0.375 e. The monoisotopic (exact) mass is 604 g/mol. The molecule has 0 bridgehead atoms. The Kier molecular flexibility index (Phi) is 9.69. The Hall–Kier alpha value is -4.16. The molecular formula is C29H28ClF3N4O5. The van der Waals surface area contributed by atoms with Crippen molar-refractivity contribution in [1.29, 1.82) is 0 Å². The van der Waals surface area contributed by atoms with E-state index in [1.807, 2.05) is 13.8 Å². The van der Waals surface area contributed by atoms with Gasteiger partial charge >= 0.3 is 5.97 Å². The maximum atomic E-state index is 15.1. The molecule has 1 aliphatic heterocycles. The number of methoxy groups -OCH3 is 1. The summed E-state index contributed by atoms with van der Waals surface area (Å²) in [6.07, 6.45) is -0.550. The summed E-state index contributed by atoms with van der Waals surface area (Å²) in [6, 6.07) is 10.0. The van der Waals surface area contributed by atoms with E-state index in [-0.39, 0.29) is 63.8 Å². The molecule has 0 saturated carbocycles. The van der Waals surface area contributed by atoms with Gasteiger partial charge in [0.05, 0.1) is 38.5 Å². The summed E-state index contributed by atoms with van der Waals surface area (Å²) in [5, 5.41) is 0.241. The molecule has 1 aliphatic rings. The quantitative estimate of drug-likeness (QED) is 0.176. The van der Waals surface area contributed by atoms with Crippen molar-refractivity contribution in [2.75, 3.05) is 20.3 Å². The third-order valence-electron chi connectivity index (χ3n) is 6.51. The van der Waals surface area contributed by atoms with Gasteiger partial charge in [-0.3, -0.25) is 20.6 Å². The van der Waals surface area contributed by atoms with E-state index in [9.17, 15) is 18.4 Å². The van der Waals surface area contributed by atoms with Crippen LogP contribution in [0.25, 0.3) is 11.3 Å². The molecule has 9 nitrogen and oxygen atoms in total.